The van der Waals surface area contributed by atoms with Crippen molar-refractivity contribution in [2.75, 3.05) is 14.2 Å². The summed E-state index contributed by atoms with van der Waals surface area (Å²) in [5.41, 5.74) is 3.08. The number of fused-ring (bicyclic) bond motifs is 3. The minimum Gasteiger partial charge on any atom is -0.497 e. The largest absolute Gasteiger partial charge is 0.497 e. The van der Waals surface area contributed by atoms with Gasteiger partial charge in [-0.15, -0.1) is 0 Å². The Bertz CT molecular complexity index is 1010. The van der Waals surface area contributed by atoms with Crippen LogP contribution >= 0.6 is 0 Å². The highest BCUT2D eigenvalue weighted by Gasteiger charge is 2.30. The number of carbonyl (C=O) groups is 2. The van der Waals surface area contributed by atoms with Gasteiger partial charge in [0.1, 0.15) is 11.3 Å². The van der Waals surface area contributed by atoms with E-state index in [1.807, 2.05) is 24.3 Å². The SMILES string of the molecule is COC(=O)c1cnn2c3c(cnc12)C(=O)CC(c1ccc(OC)cc1)C3. The first-order valence-corrected chi connectivity index (χ1v) is 8.23. The van der Waals surface area contributed by atoms with E-state index < -0.39 is 5.97 Å². The topological polar surface area (TPSA) is 82.8 Å². The number of aromatic nitrogens is 3. The maximum absolute atomic E-state index is 12.6. The number of esters is 1. The average molecular weight is 351 g/mol. The number of Topliss-reactive ketones (excluding diaryl/α,β-unsaturated/α-hetero) is 1. The minimum absolute atomic E-state index is 0.0246. The van der Waals surface area contributed by atoms with E-state index in [4.69, 9.17) is 9.47 Å². The monoisotopic (exact) mass is 351 g/mol. The molecule has 1 aliphatic rings. The fourth-order valence-corrected chi connectivity index (χ4v) is 3.41. The van der Waals surface area contributed by atoms with Crippen LogP contribution in [-0.4, -0.2) is 40.6 Å². The highest BCUT2D eigenvalue weighted by Crippen LogP contribution is 2.33. The summed E-state index contributed by atoms with van der Waals surface area (Å²) in [6.45, 7) is 0. The molecule has 0 aliphatic heterocycles. The van der Waals surface area contributed by atoms with E-state index >= 15 is 0 Å². The summed E-state index contributed by atoms with van der Waals surface area (Å²) in [5.74, 6) is 0.341. The number of ketones is 1. The van der Waals surface area contributed by atoms with Gasteiger partial charge in [0.15, 0.2) is 11.4 Å². The molecule has 1 atom stereocenters. The van der Waals surface area contributed by atoms with Gasteiger partial charge in [0.05, 0.1) is 31.7 Å². The number of hydrogen-bond donors (Lipinski definition) is 0. The lowest BCUT2D eigenvalue weighted by Crippen LogP contribution is -2.22. The third-order valence-corrected chi connectivity index (χ3v) is 4.79. The second-order valence-electron chi connectivity index (χ2n) is 6.21. The Morgan fingerprint density at radius 3 is 2.62 bits per heavy atom. The molecular formula is C19H17N3O4. The molecule has 2 heterocycles. The Labute approximate surface area is 149 Å². The van der Waals surface area contributed by atoms with Gasteiger partial charge >= 0.3 is 5.97 Å². The van der Waals surface area contributed by atoms with Crippen molar-refractivity contribution in [2.45, 2.75) is 18.8 Å². The number of hydrogen-bond acceptors (Lipinski definition) is 6. The van der Waals surface area contributed by atoms with Gasteiger partial charge in [-0.2, -0.15) is 5.10 Å². The predicted octanol–water partition coefficient (Wildman–Crippen LogP) is 2.44. The van der Waals surface area contributed by atoms with Crippen molar-refractivity contribution in [1.82, 2.24) is 14.6 Å². The van der Waals surface area contributed by atoms with Crippen LogP contribution in [0, 0.1) is 0 Å². The Hall–Kier alpha value is -3.22. The van der Waals surface area contributed by atoms with Crippen LogP contribution in [0.2, 0.25) is 0 Å². The van der Waals surface area contributed by atoms with Crippen LogP contribution in [0.5, 0.6) is 5.75 Å². The molecule has 132 valence electrons. The van der Waals surface area contributed by atoms with E-state index in [1.54, 1.807) is 11.6 Å². The quantitative estimate of drug-likeness (QED) is 0.674. The molecule has 1 aromatic carbocycles. The molecule has 0 N–H and O–H groups in total. The van der Waals surface area contributed by atoms with E-state index in [9.17, 15) is 9.59 Å². The molecule has 1 aliphatic carbocycles. The second-order valence-corrected chi connectivity index (χ2v) is 6.21. The molecule has 0 fully saturated rings. The van der Waals surface area contributed by atoms with E-state index in [0.29, 0.717) is 24.1 Å². The third-order valence-electron chi connectivity index (χ3n) is 4.79. The number of ether oxygens (including phenoxy) is 2. The lowest BCUT2D eigenvalue weighted by Gasteiger charge is -2.24. The number of nitrogens with zero attached hydrogens (tertiary/aromatic N) is 3. The molecule has 26 heavy (non-hydrogen) atoms. The Kier molecular flexibility index (Phi) is 3.91. The molecule has 2 aromatic heterocycles. The molecule has 7 heteroatoms. The molecule has 0 amide bonds. The van der Waals surface area contributed by atoms with Crippen molar-refractivity contribution in [3.8, 4) is 5.75 Å². The molecule has 0 saturated carbocycles. The second kappa shape index (κ2) is 6.25. The molecule has 0 radical (unpaired) electrons. The van der Waals surface area contributed by atoms with Crippen LogP contribution in [0.3, 0.4) is 0 Å². The van der Waals surface area contributed by atoms with Gasteiger partial charge in [-0.25, -0.2) is 14.3 Å². The van der Waals surface area contributed by atoms with E-state index in [1.165, 1.54) is 19.5 Å². The van der Waals surface area contributed by atoms with E-state index in [2.05, 4.69) is 10.1 Å². The van der Waals surface area contributed by atoms with Gasteiger partial charge in [0, 0.05) is 12.6 Å². The number of rotatable bonds is 3. The molecule has 4 rings (SSSR count). The number of methoxy groups -OCH3 is 2. The van der Waals surface area contributed by atoms with Crippen LogP contribution in [-0.2, 0) is 11.2 Å². The fraction of sp³-hybridized carbons (Fsp3) is 0.263. The van der Waals surface area contributed by atoms with Gasteiger partial charge < -0.3 is 9.47 Å². The number of carbonyl (C=O) groups excluding carboxylic acids is 2. The summed E-state index contributed by atoms with van der Waals surface area (Å²) >= 11 is 0. The van der Waals surface area contributed by atoms with Crippen molar-refractivity contribution in [3.05, 3.63) is 59.0 Å². The summed E-state index contributed by atoms with van der Waals surface area (Å²) < 4.78 is 11.5. The molecular weight excluding hydrogens is 334 g/mol. The first kappa shape index (κ1) is 16.3. The molecule has 0 saturated heterocycles. The first-order valence-electron chi connectivity index (χ1n) is 8.23. The van der Waals surface area contributed by atoms with Crippen LogP contribution in [0.4, 0.5) is 0 Å². The van der Waals surface area contributed by atoms with E-state index in [0.717, 1.165) is 17.0 Å². The molecule has 0 bridgehead atoms. The zero-order chi connectivity index (χ0) is 18.3. The van der Waals surface area contributed by atoms with Crippen LogP contribution in [0.15, 0.2) is 36.7 Å². The highest BCUT2D eigenvalue weighted by atomic mass is 16.5. The van der Waals surface area contributed by atoms with Crippen molar-refractivity contribution in [2.24, 2.45) is 0 Å². The van der Waals surface area contributed by atoms with Crippen molar-refractivity contribution >= 4 is 17.4 Å². The third kappa shape index (κ3) is 2.52. The molecule has 3 aromatic rings. The fourth-order valence-electron chi connectivity index (χ4n) is 3.41. The Morgan fingerprint density at radius 1 is 1.15 bits per heavy atom. The lowest BCUT2D eigenvalue weighted by molar-refractivity contribution is 0.0602. The van der Waals surface area contributed by atoms with Crippen LogP contribution < -0.4 is 4.74 Å². The van der Waals surface area contributed by atoms with Gasteiger partial charge in [0.2, 0.25) is 0 Å². The summed E-state index contributed by atoms with van der Waals surface area (Å²) in [4.78, 5) is 28.8. The summed E-state index contributed by atoms with van der Waals surface area (Å²) in [5, 5.41) is 4.27. The Morgan fingerprint density at radius 2 is 1.92 bits per heavy atom. The zero-order valence-corrected chi connectivity index (χ0v) is 14.4. The molecule has 7 nitrogen and oxygen atoms in total. The summed E-state index contributed by atoms with van der Waals surface area (Å²) in [6.07, 6.45) is 4.01. The predicted molar refractivity (Wildman–Crippen MR) is 92.7 cm³/mol. The Balaban J connectivity index is 1.77. The van der Waals surface area contributed by atoms with Crippen LogP contribution in [0.25, 0.3) is 5.65 Å². The summed E-state index contributed by atoms with van der Waals surface area (Å²) in [7, 11) is 2.93. The maximum Gasteiger partial charge on any atom is 0.343 e. The number of benzene rings is 1. The minimum atomic E-state index is -0.499. The lowest BCUT2D eigenvalue weighted by atomic mass is 9.82. The van der Waals surface area contributed by atoms with Gasteiger partial charge in [-0.1, -0.05) is 12.1 Å². The average Bonchev–Trinajstić information content (AvgIpc) is 3.12. The summed E-state index contributed by atoms with van der Waals surface area (Å²) in [6, 6.07) is 7.73. The van der Waals surface area contributed by atoms with Crippen molar-refractivity contribution < 1.29 is 19.1 Å². The van der Waals surface area contributed by atoms with Crippen molar-refractivity contribution in [1.29, 1.82) is 0 Å². The van der Waals surface area contributed by atoms with Gasteiger partial charge in [-0.05, 0) is 30.0 Å². The molecule has 0 spiro atoms. The first-order chi connectivity index (χ1) is 12.6. The molecule has 1 unspecified atom stereocenters. The van der Waals surface area contributed by atoms with E-state index in [-0.39, 0.29) is 17.3 Å². The normalized spacial score (nSPS) is 16.4. The zero-order valence-electron chi connectivity index (χ0n) is 14.4. The van der Waals surface area contributed by atoms with Crippen LogP contribution in [0.1, 0.15) is 44.3 Å². The maximum atomic E-state index is 12.6. The van der Waals surface area contributed by atoms with Gasteiger partial charge in [0.25, 0.3) is 0 Å². The van der Waals surface area contributed by atoms with Gasteiger partial charge in [-0.3, -0.25) is 4.79 Å². The van der Waals surface area contributed by atoms with Crippen molar-refractivity contribution in [3.63, 3.8) is 0 Å². The standard InChI is InChI=1S/C19H17N3O4/c1-25-13-5-3-11(4-6-13)12-7-16-14(17(23)8-12)9-20-18-15(19(24)26-2)10-21-22(16)18/h3-6,9-10,12H,7-8H2,1-2H3. The highest BCUT2D eigenvalue weighted by molar-refractivity contribution is 6.00. The smallest absolute Gasteiger partial charge is 0.343 e.